The summed E-state index contributed by atoms with van der Waals surface area (Å²) in [7, 11) is -5.15. The van der Waals surface area contributed by atoms with Crippen molar-refractivity contribution in [3.8, 4) is 5.75 Å². The van der Waals surface area contributed by atoms with Gasteiger partial charge in [0.05, 0.1) is 30.2 Å². The Morgan fingerprint density at radius 2 is 2.08 bits per heavy atom. The molecule has 0 aliphatic heterocycles. The molecule has 2 heterocycles. The molecule has 0 unspecified atom stereocenters. The second-order valence-corrected chi connectivity index (χ2v) is 6.03. The Kier molecular flexibility index (Phi) is 5.17. The summed E-state index contributed by atoms with van der Waals surface area (Å²) in [6, 6.07) is 1.16. The molecule has 2 aromatic heterocycles. The van der Waals surface area contributed by atoms with Crippen LogP contribution in [-0.2, 0) is 28.3 Å². The first kappa shape index (κ1) is 17.9. The molecule has 24 heavy (non-hydrogen) atoms. The number of pyridine rings is 1. The van der Waals surface area contributed by atoms with Crippen LogP contribution >= 0.6 is 0 Å². The second-order valence-electron chi connectivity index (χ2n) is 5.08. The van der Waals surface area contributed by atoms with E-state index < -0.39 is 10.5 Å². The summed E-state index contributed by atoms with van der Waals surface area (Å²) in [6.45, 7) is 6.37. The van der Waals surface area contributed by atoms with Gasteiger partial charge in [0.2, 0.25) is 5.91 Å². The molecular formula is C14H17FN4O4S. The van der Waals surface area contributed by atoms with Crippen LogP contribution in [0.1, 0.15) is 23.9 Å². The van der Waals surface area contributed by atoms with Gasteiger partial charge in [-0.3, -0.25) is 14.5 Å². The van der Waals surface area contributed by atoms with Gasteiger partial charge in [-0.05, 0) is 20.8 Å². The van der Waals surface area contributed by atoms with Gasteiger partial charge in [0.25, 0.3) is 0 Å². The van der Waals surface area contributed by atoms with E-state index in [1.807, 2.05) is 20.8 Å². The summed E-state index contributed by atoms with van der Waals surface area (Å²) in [4.78, 5) is 15.9. The Balaban J connectivity index is 2.10. The Hall–Kier alpha value is -2.49. The SMILES string of the molecule is CCn1nc(C)c(CC(=O)Nc2cncc(OS(=O)(=O)F)c2)c1C. The van der Waals surface area contributed by atoms with Crippen molar-refractivity contribution < 1.29 is 21.3 Å². The molecule has 0 aliphatic rings. The fraction of sp³-hybridized carbons (Fsp3) is 0.357. The number of carbonyl (C=O) groups excluding carboxylic acids is 1. The summed E-state index contributed by atoms with van der Waals surface area (Å²) < 4.78 is 39.3. The topological polar surface area (TPSA) is 103 Å². The van der Waals surface area contributed by atoms with Crippen molar-refractivity contribution in [3.05, 3.63) is 35.4 Å². The highest BCUT2D eigenvalue weighted by Crippen LogP contribution is 2.19. The lowest BCUT2D eigenvalue weighted by molar-refractivity contribution is -0.115. The average molecular weight is 356 g/mol. The lowest BCUT2D eigenvalue weighted by Gasteiger charge is -2.07. The molecule has 130 valence electrons. The van der Waals surface area contributed by atoms with E-state index in [9.17, 15) is 17.1 Å². The molecule has 0 atom stereocenters. The second kappa shape index (κ2) is 6.95. The summed E-state index contributed by atoms with van der Waals surface area (Å²) >= 11 is 0. The van der Waals surface area contributed by atoms with Crippen LogP contribution in [0.15, 0.2) is 18.5 Å². The third-order valence-electron chi connectivity index (χ3n) is 3.36. The minimum Gasteiger partial charge on any atom is -0.357 e. The van der Waals surface area contributed by atoms with Crippen LogP contribution in [0.3, 0.4) is 0 Å². The van der Waals surface area contributed by atoms with Gasteiger partial charge in [-0.25, -0.2) is 0 Å². The first-order chi connectivity index (χ1) is 11.2. The highest BCUT2D eigenvalue weighted by molar-refractivity contribution is 7.81. The Bertz CT molecular complexity index is 864. The number of anilines is 1. The molecule has 0 saturated heterocycles. The number of hydrogen-bond donors (Lipinski definition) is 1. The van der Waals surface area contributed by atoms with E-state index in [1.54, 1.807) is 4.68 Å². The monoisotopic (exact) mass is 356 g/mol. The van der Waals surface area contributed by atoms with Crippen molar-refractivity contribution in [3.63, 3.8) is 0 Å². The number of aryl methyl sites for hydroxylation is 2. The van der Waals surface area contributed by atoms with Crippen molar-refractivity contribution in [2.24, 2.45) is 0 Å². The van der Waals surface area contributed by atoms with E-state index in [0.717, 1.165) is 29.2 Å². The van der Waals surface area contributed by atoms with Crippen LogP contribution in [0.4, 0.5) is 9.57 Å². The third kappa shape index (κ3) is 4.51. The van der Waals surface area contributed by atoms with Gasteiger partial charge >= 0.3 is 10.5 Å². The van der Waals surface area contributed by atoms with Crippen molar-refractivity contribution >= 4 is 22.1 Å². The standard InChI is InChI=1S/C14H17FN4O4S/c1-4-19-10(3)13(9(2)18-19)6-14(20)17-11-5-12(8-16-7-11)23-24(15,21)22/h5,7-8H,4,6H2,1-3H3,(H,17,20). The number of nitrogens with one attached hydrogen (secondary N) is 1. The van der Waals surface area contributed by atoms with E-state index in [-0.39, 0.29) is 23.8 Å². The van der Waals surface area contributed by atoms with E-state index in [4.69, 9.17) is 0 Å². The number of aromatic nitrogens is 3. The lowest BCUT2D eigenvalue weighted by Crippen LogP contribution is -2.15. The van der Waals surface area contributed by atoms with E-state index >= 15 is 0 Å². The molecule has 0 radical (unpaired) electrons. The van der Waals surface area contributed by atoms with Crippen LogP contribution in [0.2, 0.25) is 0 Å². The van der Waals surface area contributed by atoms with Gasteiger partial charge in [0, 0.05) is 23.9 Å². The first-order valence-electron chi connectivity index (χ1n) is 7.11. The zero-order valence-electron chi connectivity index (χ0n) is 13.4. The zero-order chi connectivity index (χ0) is 17.9. The number of hydrogen-bond acceptors (Lipinski definition) is 6. The number of halogens is 1. The van der Waals surface area contributed by atoms with Gasteiger partial charge < -0.3 is 9.50 Å². The molecule has 0 saturated carbocycles. The molecule has 8 nitrogen and oxygen atoms in total. The normalized spacial score (nSPS) is 11.3. The number of amides is 1. The predicted molar refractivity (Wildman–Crippen MR) is 84.6 cm³/mol. The molecule has 0 spiro atoms. The highest BCUT2D eigenvalue weighted by atomic mass is 32.3. The van der Waals surface area contributed by atoms with Crippen molar-refractivity contribution in [1.82, 2.24) is 14.8 Å². The third-order valence-corrected chi connectivity index (χ3v) is 3.75. The largest absolute Gasteiger partial charge is 0.488 e. The Morgan fingerprint density at radius 1 is 1.38 bits per heavy atom. The van der Waals surface area contributed by atoms with Gasteiger partial charge in [0.15, 0.2) is 5.75 Å². The minimum absolute atomic E-state index is 0.101. The number of carbonyl (C=O) groups is 1. The fourth-order valence-corrected chi connectivity index (χ4v) is 2.63. The van der Waals surface area contributed by atoms with Gasteiger partial charge in [-0.1, -0.05) is 3.89 Å². The zero-order valence-corrected chi connectivity index (χ0v) is 14.2. The average Bonchev–Trinajstić information content (AvgIpc) is 2.73. The van der Waals surface area contributed by atoms with Gasteiger partial charge in [0.1, 0.15) is 0 Å². The van der Waals surface area contributed by atoms with Crippen LogP contribution < -0.4 is 9.50 Å². The smallest absolute Gasteiger partial charge is 0.357 e. The maximum Gasteiger partial charge on any atom is 0.488 e. The first-order valence-corrected chi connectivity index (χ1v) is 8.42. The molecular weight excluding hydrogens is 339 g/mol. The molecule has 2 aromatic rings. The van der Waals surface area contributed by atoms with Crippen LogP contribution in [0, 0.1) is 13.8 Å². The summed E-state index contributed by atoms with van der Waals surface area (Å²) in [5.41, 5.74) is 2.69. The van der Waals surface area contributed by atoms with Gasteiger partial charge in [-0.15, -0.1) is 0 Å². The molecule has 0 aliphatic carbocycles. The summed E-state index contributed by atoms with van der Waals surface area (Å²) in [5, 5.41) is 6.90. The summed E-state index contributed by atoms with van der Waals surface area (Å²) in [5.74, 6) is -0.666. The Morgan fingerprint density at radius 3 is 2.67 bits per heavy atom. The Labute approximate surface area is 139 Å². The number of rotatable bonds is 6. The van der Waals surface area contributed by atoms with Crippen molar-refractivity contribution in [2.75, 3.05) is 5.32 Å². The van der Waals surface area contributed by atoms with Crippen molar-refractivity contribution in [2.45, 2.75) is 33.7 Å². The minimum atomic E-state index is -5.15. The quantitative estimate of drug-likeness (QED) is 0.790. The fourth-order valence-electron chi connectivity index (χ4n) is 2.31. The maximum absolute atomic E-state index is 12.5. The van der Waals surface area contributed by atoms with Crippen LogP contribution in [0.25, 0.3) is 0 Å². The van der Waals surface area contributed by atoms with Gasteiger partial charge in [-0.2, -0.15) is 13.5 Å². The molecule has 1 amide bonds. The molecule has 2 rings (SSSR count). The highest BCUT2D eigenvalue weighted by Gasteiger charge is 2.15. The molecule has 0 aromatic carbocycles. The lowest BCUT2D eigenvalue weighted by atomic mass is 10.1. The predicted octanol–water partition coefficient (Wildman–Crippen LogP) is 1.69. The molecule has 0 fully saturated rings. The van der Waals surface area contributed by atoms with Crippen LogP contribution in [-0.4, -0.2) is 29.1 Å². The molecule has 1 N–H and O–H groups in total. The molecule has 10 heteroatoms. The summed E-state index contributed by atoms with van der Waals surface area (Å²) in [6.07, 6.45) is 2.42. The van der Waals surface area contributed by atoms with Crippen molar-refractivity contribution in [1.29, 1.82) is 0 Å². The van der Waals surface area contributed by atoms with Crippen LogP contribution in [0.5, 0.6) is 5.75 Å². The molecule has 0 bridgehead atoms. The number of nitrogens with zero attached hydrogens (tertiary/aromatic N) is 3. The van der Waals surface area contributed by atoms with E-state index in [2.05, 4.69) is 19.6 Å². The maximum atomic E-state index is 12.5. The van der Waals surface area contributed by atoms with E-state index in [1.165, 1.54) is 6.20 Å². The van der Waals surface area contributed by atoms with E-state index in [0.29, 0.717) is 6.54 Å².